The number of epoxide rings is 1. The molecule has 0 aliphatic carbocycles. The SMILES string of the molecule is C/C(=C\c1csc(C)n1)[C@@H]1C[C@@H]2OC2(C)CCC[C@@H](C)[C@H](OC(=O)CCSC(C)(C)SCCC(=O)NCCN2C(=O)C=CC2=O)[C@H](C)C(=O)C(C)(C)[C@H](O)CC(=O)O1. The molecule has 2 saturated heterocycles. The van der Waals surface area contributed by atoms with Crippen LogP contribution in [0.15, 0.2) is 23.1 Å². The van der Waals surface area contributed by atoms with Crippen LogP contribution in [0.2, 0.25) is 0 Å². The van der Waals surface area contributed by atoms with Crippen LogP contribution < -0.4 is 5.32 Å². The van der Waals surface area contributed by atoms with Crippen LogP contribution in [0.4, 0.5) is 0 Å². The summed E-state index contributed by atoms with van der Waals surface area (Å²) in [7, 11) is 0. The van der Waals surface area contributed by atoms with E-state index in [-0.39, 0.29) is 72.0 Å². The van der Waals surface area contributed by atoms with E-state index in [9.17, 15) is 33.9 Å². The van der Waals surface area contributed by atoms with Crippen molar-refractivity contribution in [3.8, 4) is 0 Å². The molecule has 0 spiro atoms. The third-order valence-electron chi connectivity index (χ3n) is 11.2. The predicted octanol–water partition coefficient (Wildman–Crippen LogP) is 6.05. The van der Waals surface area contributed by atoms with Gasteiger partial charge in [-0.1, -0.05) is 34.1 Å². The van der Waals surface area contributed by atoms with Crippen LogP contribution >= 0.6 is 34.9 Å². The minimum atomic E-state index is -1.34. The zero-order chi connectivity index (χ0) is 43.0. The zero-order valence-corrected chi connectivity index (χ0v) is 37.7. The van der Waals surface area contributed by atoms with Gasteiger partial charge in [-0.15, -0.1) is 34.9 Å². The molecule has 1 aromatic heterocycles. The maximum Gasteiger partial charge on any atom is 0.309 e. The fourth-order valence-electron chi connectivity index (χ4n) is 7.34. The number of carbonyl (C=O) groups excluding carboxylic acids is 6. The third kappa shape index (κ3) is 13.5. The Morgan fingerprint density at radius 1 is 1.10 bits per heavy atom. The molecular formula is C42H61N3O10S3. The van der Waals surface area contributed by atoms with Crippen LogP contribution in [0.25, 0.3) is 6.08 Å². The van der Waals surface area contributed by atoms with Gasteiger partial charge in [-0.25, -0.2) is 4.98 Å². The number of hydrogen-bond acceptors (Lipinski definition) is 14. The average molecular weight is 864 g/mol. The van der Waals surface area contributed by atoms with E-state index in [1.54, 1.807) is 44.3 Å². The molecule has 3 amide bonds. The van der Waals surface area contributed by atoms with Crippen LogP contribution in [0.5, 0.6) is 0 Å². The number of thioether (sulfide) groups is 2. The lowest BCUT2D eigenvalue weighted by Crippen LogP contribution is -2.47. The summed E-state index contributed by atoms with van der Waals surface area (Å²) >= 11 is 4.69. The third-order valence-corrected chi connectivity index (χ3v) is 15.0. The van der Waals surface area contributed by atoms with E-state index in [0.29, 0.717) is 24.3 Å². The van der Waals surface area contributed by atoms with Gasteiger partial charge in [0.15, 0.2) is 0 Å². The molecule has 13 nitrogen and oxygen atoms in total. The Hall–Kier alpha value is -3.05. The molecule has 4 heterocycles. The van der Waals surface area contributed by atoms with Gasteiger partial charge in [0.05, 0.1) is 56.8 Å². The number of fused-ring (bicyclic) bond motifs is 1. The average Bonchev–Trinajstić information content (AvgIpc) is 3.38. The highest BCUT2D eigenvalue weighted by molar-refractivity contribution is 8.18. The molecular weight excluding hydrogens is 803 g/mol. The van der Waals surface area contributed by atoms with Crippen molar-refractivity contribution in [3.05, 3.63) is 33.8 Å². The number of ether oxygens (including phenoxy) is 3. The minimum Gasteiger partial charge on any atom is -0.461 e. The lowest BCUT2D eigenvalue weighted by atomic mass is 9.72. The largest absolute Gasteiger partial charge is 0.461 e. The van der Waals surface area contributed by atoms with Crippen LogP contribution in [-0.2, 0) is 43.0 Å². The standard InChI is InChI=1S/C42H61N3O10S3/c1-25-11-10-16-42(9)32(55-42)22-30(26(2)21-29-24-56-28(4)44-29)53-37(51)23-31(46)40(5,6)39(52)27(3)38(25)54-36(50)15-20-58-41(7,8)57-19-14-33(47)43-17-18-45-34(48)12-13-35(45)49/h12-13,21,24-25,27,30-32,38,46H,10-11,14-20,22-23H2,1-9H3,(H,43,47)/b26-21+/t25-,27+,30+,31-,32+,38+,42?/m1/s1. The van der Waals surface area contributed by atoms with Crippen molar-refractivity contribution >= 4 is 76.4 Å². The van der Waals surface area contributed by atoms with E-state index < -0.39 is 47.2 Å². The highest BCUT2D eigenvalue weighted by Crippen LogP contribution is 2.45. The molecule has 2 N–H and O–H groups in total. The number of aliphatic hydroxyl groups is 1. The van der Waals surface area contributed by atoms with Crippen molar-refractivity contribution in [1.82, 2.24) is 15.2 Å². The number of ketones is 1. The van der Waals surface area contributed by atoms with Crippen LogP contribution in [-0.4, -0.2) is 109 Å². The number of amides is 3. The van der Waals surface area contributed by atoms with Gasteiger partial charge in [0.25, 0.3) is 11.8 Å². The molecule has 0 bridgehead atoms. The minimum absolute atomic E-state index is 0.116. The quantitative estimate of drug-likeness (QED) is 0.0956. The number of nitrogens with one attached hydrogen (secondary N) is 1. The van der Waals surface area contributed by atoms with Crippen LogP contribution in [0.3, 0.4) is 0 Å². The number of Topliss-reactive ketones (excluding diaryl/α,β-unsaturated/α-hetero) is 1. The second kappa shape index (κ2) is 20.5. The molecule has 7 atom stereocenters. The molecule has 1 aromatic rings. The Kier molecular flexibility index (Phi) is 16.8. The van der Waals surface area contributed by atoms with Crippen molar-refractivity contribution in [2.45, 2.75) is 141 Å². The van der Waals surface area contributed by atoms with E-state index in [0.717, 1.165) is 34.0 Å². The molecule has 1 unspecified atom stereocenters. The van der Waals surface area contributed by atoms with Gasteiger partial charge < -0.3 is 24.6 Å². The summed E-state index contributed by atoms with van der Waals surface area (Å²) in [5.41, 5.74) is -0.143. The van der Waals surface area contributed by atoms with E-state index in [4.69, 9.17) is 14.2 Å². The number of aromatic nitrogens is 1. The molecule has 322 valence electrons. The van der Waals surface area contributed by atoms with E-state index in [1.165, 1.54) is 23.5 Å². The highest BCUT2D eigenvalue weighted by Gasteiger charge is 2.53. The first kappa shape index (κ1) is 47.6. The Bertz CT molecular complexity index is 1720. The van der Waals surface area contributed by atoms with Gasteiger partial charge in [-0.05, 0) is 65.0 Å². The summed E-state index contributed by atoms with van der Waals surface area (Å²) in [5.74, 6) is -2.24. The van der Waals surface area contributed by atoms with Gasteiger partial charge in [0, 0.05) is 55.0 Å². The molecule has 0 radical (unpaired) electrons. The summed E-state index contributed by atoms with van der Waals surface area (Å²) < 4.78 is 18.0. The number of aryl methyl sites for hydroxylation is 1. The Morgan fingerprint density at radius 3 is 2.40 bits per heavy atom. The monoisotopic (exact) mass is 863 g/mol. The maximum absolute atomic E-state index is 14.1. The molecule has 4 rings (SSSR count). The number of aliphatic hydroxyl groups excluding tert-OH is 1. The molecule has 3 aliphatic rings. The number of esters is 2. The number of imide groups is 1. The second-order valence-corrected chi connectivity index (χ2v) is 21.6. The first-order valence-electron chi connectivity index (χ1n) is 20.1. The number of cyclic esters (lactones) is 1. The summed E-state index contributed by atoms with van der Waals surface area (Å²) in [6.45, 7) is 17.2. The molecule has 3 aliphatic heterocycles. The predicted molar refractivity (Wildman–Crippen MR) is 227 cm³/mol. The maximum atomic E-state index is 14.1. The van der Waals surface area contributed by atoms with Gasteiger partial charge in [-0.2, -0.15) is 0 Å². The fourth-order valence-corrected chi connectivity index (χ4v) is 10.3. The molecule has 16 heteroatoms. The van der Waals surface area contributed by atoms with Crippen LogP contribution in [0, 0.1) is 24.2 Å². The van der Waals surface area contributed by atoms with Crippen molar-refractivity contribution in [1.29, 1.82) is 0 Å². The Labute approximate surface area is 355 Å². The van der Waals surface area contributed by atoms with Crippen molar-refractivity contribution < 1.29 is 48.1 Å². The van der Waals surface area contributed by atoms with E-state index in [2.05, 4.69) is 17.2 Å². The highest BCUT2D eigenvalue weighted by atomic mass is 32.2. The normalized spacial score (nSPS) is 28.6. The van der Waals surface area contributed by atoms with Crippen molar-refractivity contribution in [3.63, 3.8) is 0 Å². The first-order valence-corrected chi connectivity index (χ1v) is 22.9. The van der Waals surface area contributed by atoms with Crippen LogP contribution in [0.1, 0.15) is 111 Å². The summed E-state index contributed by atoms with van der Waals surface area (Å²) in [5, 5.41) is 17.0. The Morgan fingerprint density at radius 2 is 1.76 bits per heavy atom. The number of rotatable bonds is 14. The summed E-state index contributed by atoms with van der Waals surface area (Å²) in [6.07, 6.45) is 4.15. The smallest absolute Gasteiger partial charge is 0.309 e. The van der Waals surface area contributed by atoms with Gasteiger partial charge in [0.2, 0.25) is 5.91 Å². The number of thiazole rings is 1. The van der Waals surface area contributed by atoms with Crippen molar-refractivity contribution in [2.75, 3.05) is 24.6 Å². The lowest BCUT2D eigenvalue weighted by molar-refractivity contribution is -0.160. The van der Waals surface area contributed by atoms with E-state index in [1.807, 2.05) is 46.1 Å². The first-order chi connectivity index (χ1) is 27.1. The lowest BCUT2D eigenvalue weighted by Gasteiger charge is -2.36. The second-order valence-electron chi connectivity index (χ2n) is 16.8. The fraction of sp³-hybridized carbons (Fsp3) is 0.690. The van der Waals surface area contributed by atoms with E-state index >= 15 is 0 Å². The molecule has 2 fully saturated rings. The molecule has 0 saturated carbocycles. The summed E-state index contributed by atoms with van der Waals surface area (Å²) in [4.78, 5) is 82.2. The number of hydrogen-bond donors (Lipinski definition) is 2. The Balaban J connectivity index is 1.32. The van der Waals surface area contributed by atoms with Gasteiger partial charge in [0.1, 0.15) is 18.0 Å². The summed E-state index contributed by atoms with van der Waals surface area (Å²) in [6, 6.07) is 0. The van der Waals surface area contributed by atoms with Crippen molar-refractivity contribution in [2.24, 2.45) is 17.3 Å². The zero-order valence-electron chi connectivity index (χ0n) is 35.3. The number of nitrogens with zero attached hydrogens (tertiary/aromatic N) is 2. The molecule has 0 aromatic carbocycles. The van der Waals surface area contributed by atoms with Gasteiger partial charge in [-0.3, -0.25) is 33.7 Å². The number of carbonyl (C=O) groups is 6. The van der Waals surface area contributed by atoms with Gasteiger partial charge >= 0.3 is 11.9 Å². The topological polar surface area (TPSA) is 182 Å². The molecule has 58 heavy (non-hydrogen) atoms.